The van der Waals surface area contributed by atoms with E-state index in [0.717, 1.165) is 39.1 Å². The molecule has 0 fully saturated rings. The van der Waals surface area contributed by atoms with E-state index in [1.807, 2.05) is 26.0 Å². The average Bonchev–Trinajstić information content (AvgIpc) is 2.84. The molecule has 8 nitrogen and oxygen atoms in total. The van der Waals surface area contributed by atoms with Gasteiger partial charge in [-0.3, -0.25) is 4.90 Å². The van der Waals surface area contributed by atoms with Crippen molar-refractivity contribution in [3.05, 3.63) is 47.8 Å². The molecule has 1 N–H and O–H groups in total. The number of nitrogens with one attached hydrogen (secondary N) is 1. The van der Waals surface area contributed by atoms with Crippen molar-refractivity contribution in [1.29, 1.82) is 10.5 Å². The van der Waals surface area contributed by atoms with Crippen LogP contribution in [0.1, 0.15) is 44.7 Å². The third-order valence-electron chi connectivity index (χ3n) is 4.13. The van der Waals surface area contributed by atoms with Crippen LogP contribution in [0, 0.1) is 22.7 Å². The summed E-state index contributed by atoms with van der Waals surface area (Å²) in [5.74, 6) is 1.08. The molecule has 0 unspecified atom stereocenters. The molecular formula is C23H32N6O2. The molecular weight excluding hydrogens is 392 g/mol. The van der Waals surface area contributed by atoms with Gasteiger partial charge in [-0.05, 0) is 38.1 Å². The second-order valence-electron chi connectivity index (χ2n) is 6.27. The first kappa shape index (κ1) is 25.8. The minimum absolute atomic E-state index is 0.525. The first-order valence-corrected chi connectivity index (χ1v) is 10.7. The maximum absolute atomic E-state index is 8.76. The Labute approximate surface area is 185 Å². The van der Waals surface area contributed by atoms with Crippen molar-refractivity contribution in [2.75, 3.05) is 39.5 Å². The molecule has 2 aromatic rings. The largest absolute Gasteiger partial charge is 0.478 e. The number of aromatic nitrogens is 2. The third-order valence-corrected chi connectivity index (χ3v) is 4.13. The molecule has 0 aliphatic carbocycles. The second kappa shape index (κ2) is 16.6. The summed E-state index contributed by atoms with van der Waals surface area (Å²) in [4.78, 5) is 10.5. The molecule has 2 heterocycles. The Balaban J connectivity index is 0.00000233. The molecule has 166 valence electrons. The van der Waals surface area contributed by atoms with Crippen LogP contribution in [0.25, 0.3) is 0 Å². The maximum Gasteiger partial charge on any atom is 0.213 e. The number of hydrogen-bond donors (Lipinski definition) is 1. The minimum Gasteiger partial charge on any atom is -0.478 e. The fourth-order valence-corrected chi connectivity index (χ4v) is 2.49. The van der Waals surface area contributed by atoms with Gasteiger partial charge in [-0.15, -0.1) is 0 Å². The zero-order chi connectivity index (χ0) is 22.7. The highest BCUT2D eigenvalue weighted by atomic mass is 16.5. The van der Waals surface area contributed by atoms with E-state index in [2.05, 4.69) is 27.1 Å². The quantitative estimate of drug-likeness (QED) is 0.385. The van der Waals surface area contributed by atoms with Crippen molar-refractivity contribution in [2.24, 2.45) is 0 Å². The third kappa shape index (κ3) is 10.9. The van der Waals surface area contributed by atoms with Gasteiger partial charge in [0.25, 0.3) is 0 Å². The van der Waals surface area contributed by atoms with Crippen molar-refractivity contribution in [3.8, 4) is 23.9 Å². The Morgan fingerprint density at radius 3 is 1.90 bits per heavy atom. The molecule has 0 amide bonds. The summed E-state index contributed by atoms with van der Waals surface area (Å²) in [7, 11) is 0. The van der Waals surface area contributed by atoms with Crippen LogP contribution >= 0.6 is 0 Å². The number of nitriles is 2. The average molecular weight is 425 g/mol. The first-order valence-electron chi connectivity index (χ1n) is 10.7. The molecule has 0 saturated carbocycles. The minimum atomic E-state index is 0.525. The summed E-state index contributed by atoms with van der Waals surface area (Å²) in [6.07, 6.45) is 4.78. The van der Waals surface area contributed by atoms with E-state index >= 15 is 0 Å². The van der Waals surface area contributed by atoms with Crippen LogP contribution in [0.3, 0.4) is 0 Å². The SMILES string of the molecule is CC.CCN(CCCOc1ccc(C#N)cn1)CNCCCOc1ccc(C#N)cn1. The molecule has 0 saturated heterocycles. The van der Waals surface area contributed by atoms with Gasteiger partial charge in [0, 0.05) is 37.7 Å². The predicted octanol–water partition coefficient (Wildman–Crippen LogP) is 3.35. The van der Waals surface area contributed by atoms with Crippen LogP contribution < -0.4 is 14.8 Å². The molecule has 0 aliphatic rings. The highest BCUT2D eigenvalue weighted by Gasteiger charge is 2.03. The summed E-state index contributed by atoms with van der Waals surface area (Å²) >= 11 is 0. The number of pyridine rings is 2. The summed E-state index contributed by atoms with van der Waals surface area (Å²) < 4.78 is 11.2. The lowest BCUT2D eigenvalue weighted by Crippen LogP contribution is -2.36. The van der Waals surface area contributed by atoms with E-state index in [9.17, 15) is 0 Å². The van der Waals surface area contributed by atoms with Gasteiger partial charge in [0.15, 0.2) is 0 Å². The van der Waals surface area contributed by atoms with E-state index in [-0.39, 0.29) is 0 Å². The lowest BCUT2D eigenvalue weighted by atomic mass is 10.3. The Morgan fingerprint density at radius 1 is 0.903 bits per heavy atom. The molecule has 31 heavy (non-hydrogen) atoms. The Hall–Kier alpha value is -3.20. The number of nitrogens with zero attached hydrogens (tertiary/aromatic N) is 5. The molecule has 0 aliphatic heterocycles. The lowest BCUT2D eigenvalue weighted by molar-refractivity contribution is 0.223. The number of hydrogen-bond acceptors (Lipinski definition) is 8. The van der Waals surface area contributed by atoms with Crippen LogP contribution in [0.15, 0.2) is 36.7 Å². The van der Waals surface area contributed by atoms with Gasteiger partial charge < -0.3 is 14.8 Å². The lowest BCUT2D eigenvalue weighted by Gasteiger charge is -2.21. The van der Waals surface area contributed by atoms with Crippen molar-refractivity contribution in [3.63, 3.8) is 0 Å². The van der Waals surface area contributed by atoms with Gasteiger partial charge in [0.05, 0.1) is 24.3 Å². The molecule has 2 rings (SSSR count). The first-order chi connectivity index (χ1) is 15.2. The molecule has 0 atom stereocenters. The van der Waals surface area contributed by atoms with Gasteiger partial charge >= 0.3 is 0 Å². The fourth-order valence-electron chi connectivity index (χ4n) is 2.49. The standard InChI is InChI=1S/C21H26N6O2.C2H6/c1-2-27(10-4-12-29-21-8-6-19(14-23)16-26-21)17-24-9-3-11-28-20-7-5-18(13-22)15-25-20;1-2/h5-8,15-16,24H,2-4,9-12,17H2,1H3;1-2H3. The zero-order valence-corrected chi connectivity index (χ0v) is 18.7. The van der Waals surface area contributed by atoms with Crippen LogP contribution in [-0.2, 0) is 0 Å². The van der Waals surface area contributed by atoms with E-state index in [0.29, 0.717) is 36.1 Å². The fraction of sp³-hybridized carbons (Fsp3) is 0.478. The molecule has 8 heteroatoms. The normalized spacial score (nSPS) is 9.87. The molecule has 0 bridgehead atoms. The summed E-state index contributed by atoms with van der Waals surface area (Å²) in [6, 6.07) is 10.9. The molecule has 0 spiro atoms. The Morgan fingerprint density at radius 2 is 1.45 bits per heavy atom. The molecule has 0 radical (unpaired) electrons. The predicted molar refractivity (Wildman–Crippen MR) is 120 cm³/mol. The van der Waals surface area contributed by atoms with E-state index in [4.69, 9.17) is 20.0 Å². The topological polar surface area (TPSA) is 107 Å². The maximum atomic E-state index is 8.76. The zero-order valence-electron chi connectivity index (χ0n) is 18.7. The smallest absolute Gasteiger partial charge is 0.213 e. The summed E-state index contributed by atoms with van der Waals surface area (Å²) in [5, 5.41) is 20.9. The highest BCUT2D eigenvalue weighted by Crippen LogP contribution is 2.08. The van der Waals surface area contributed by atoms with Crippen LogP contribution in [-0.4, -0.2) is 54.4 Å². The van der Waals surface area contributed by atoms with Gasteiger partial charge in [-0.1, -0.05) is 20.8 Å². The Bertz CT molecular complexity index is 797. The molecule has 0 aromatic carbocycles. The molecule has 2 aromatic heterocycles. The van der Waals surface area contributed by atoms with Crippen molar-refractivity contribution in [2.45, 2.75) is 33.6 Å². The van der Waals surface area contributed by atoms with Crippen molar-refractivity contribution in [1.82, 2.24) is 20.2 Å². The van der Waals surface area contributed by atoms with Gasteiger partial charge in [-0.2, -0.15) is 10.5 Å². The van der Waals surface area contributed by atoms with E-state index < -0.39 is 0 Å². The van der Waals surface area contributed by atoms with Crippen LogP contribution in [0.4, 0.5) is 0 Å². The number of rotatable bonds is 13. The highest BCUT2D eigenvalue weighted by molar-refractivity contribution is 5.28. The van der Waals surface area contributed by atoms with Gasteiger partial charge in [0.2, 0.25) is 11.8 Å². The Kier molecular flexibility index (Phi) is 13.8. The summed E-state index contributed by atoms with van der Waals surface area (Å²) in [5.41, 5.74) is 1.05. The van der Waals surface area contributed by atoms with E-state index in [1.54, 1.807) is 24.3 Å². The van der Waals surface area contributed by atoms with Crippen molar-refractivity contribution < 1.29 is 9.47 Å². The van der Waals surface area contributed by atoms with Crippen LogP contribution in [0.5, 0.6) is 11.8 Å². The van der Waals surface area contributed by atoms with Crippen molar-refractivity contribution >= 4 is 0 Å². The van der Waals surface area contributed by atoms with Crippen LogP contribution in [0.2, 0.25) is 0 Å². The summed E-state index contributed by atoms with van der Waals surface area (Å²) in [6.45, 7) is 10.8. The second-order valence-corrected chi connectivity index (χ2v) is 6.27. The monoisotopic (exact) mass is 424 g/mol. The van der Waals surface area contributed by atoms with Gasteiger partial charge in [0.1, 0.15) is 12.1 Å². The van der Waals surface area contributed by atoms with E-state index in [1.165, 1.54) is 12.4 Å². The van der Waals surface area contributed by atoms with Gasteiger partial charge in [-0.25, -0.2) is 9.97 Å². The number of ether oxygens (including phenoxy) is 2.